The molecule has 1 fully saturated rings. The normalized spacial score (nSPS) is 20.4. The molecule has 1 saturated carbocycles. The Labute approximate surface area is 92.9 Å². The van der Waals surface area contributed by atoms with Crippen LogP contribution in [0.2, 0.25) is 0 Å². The SMILES string of the molecule is C=C(CCOP(=O)(O)OP(=O)(O)O)C1CC1. The summed E-state index contributed by atoms with van der Waals surface area (Å²) in [5.74, 6) is 0.448. The second-order valence-corrected chi connectivity index (χ2v) is 6.39. The lowest BCUT2D eigenvalue weighted by Gasteiger charge is -2.12. The number of phosphoric acid groups is 2. The molecule has 9 heteroatoms. The van der Waals surface area contributed by atoms with Crippen molar-refractivity contribution >= 4 is 15.6 Å². The van der Waals surface area contributed by atoms with Crippen LogP contribution in [-0.4, -0.2) is 21.3 Å². The van der Waals surface area contributed by atoms with Crippen LogP contribution >= 0.6 is 15.6 Å². The number of hydrogen-bond acceptors (Lipinski definition) is 4. The predicted molar refractivity (Wildman–Crippen MR) is 55.4 cm³/mol. The van der Waals surface area contributed by atoms with Gasteiger partial charge in [0.2, 0.25) is 0 Å². The van der Waals surface area contributed by atoms with Crippen molar-refractivity contribution in [3.63, 3.8) is 0 Å². The first kappa shape index (κ1) is 14.1. The van der Waals surface area contributed by atoms with Gasteiger partial charge in [-0.2, -0.15) is 4.31 Å². The average molecular weight is 272 g/mol. The van der Waals surface area contributed by atoms with E-state index in [1.165, 1.54) is 0 Å². The highest BCUT2D eigenvalue weighted by Gasteiger charge is 2.32. The molecule has 94 valence electrons. The molecule has 0 aromatic heterocycles. The molecule has 0 aromatic rings. The second kappa shape index (κ2) is 5.10. The standard InChI is InChI=1S/C7H14O7P2/c1-6(7-2-3-7)4-5-13-16(11,12)14-15(8,9)10/h7H,1-5H2,(H,11,12)(H2,8,9,10). The van der Waals surface area contributed by atoms with Gasteiger partial charge in [0.1, 0.15) is 0 Å². The van der Waals surface area contributed by atoms with E-state index in [2.05, 4.69) is 15.4 Å². The molecule has 0 spiro atoms. The van der Waals surface area contributed by atoms with Crippen molar-refractivity contribution in [1.82, 2.24) is 0 Å². The van der Waals surface area contributed by atoms with Gasteiger partial charge >= 0.3 is 15.6 Å². The molecule has 0 amide bonds. The summed E-state index contributed by atoms with van der Waals surface area (Å²) >= 11 is 0. The van der Waals surface area contributed by atoms with Gasteiger partial charge in [-0.15, -0.1) is 0 Å². The molecule has 1 rings (SSSR count). The molecule has 1 aliphatic carbocycles. The van der Waals surface area contributed by atoms with Crippen molar-refractivity contribution in [2.45, 2.75) is 19.3 Å². The van der Waals surface area contributed by atoms with Crippen molar-refractivity contribution in [3.8, 4) is 0 Å². The van der Waals surface area contributed by atoms with Gasteiger partial charge in [0.05, 0.1) is 6.61 Å². The van der Waals surface area contributed by atoms with Crippen LogP contribution in [0.5, 0.6) is 0 Å². The van der Waals surface area contributed by atoms with E-state index in [1.54, 1.807) is 0 Å². The first-order chi connectivity index (χ1) is 7.20. The summed E-state index contributed by atoms with van der Waals surface area (Å²) in [5.41, 5.74) is 0.913. The fraction of sp³-hybridized carbons (Fsp3) is 0.714. The van der Waals surface area contributed by atoms with Gasteiger partial charge in [-0.25, -0.2) is 9.13 Å². The summed E-state index contributed by atoms with van der Waals surface area (Å²) in [6.07, 6.45) is 2.50. The Morgan fingerprint density at radius 3 is 2.31 bits per heavy atom. The molecule has 0 bridgehead atoms. The van der Waals surface area contributed by atoms with E-state index in [9.17, 15) is 9.13 Å². The van der Waals surface area contributed by atoms with Crippen LogP contribution in [-0.2, 0) is 18.0 Å². The third-order valence-electron chi connectivity index (χ3n) is 2.04. The average Bonchev–Trinajstić information content (AvgIpc) is 2.79. The van der Waals surface area contributed by atoms with E-state index in [4.69, 9.17) is 14.7 Å². The van der Waals surface area contributed by atoms with Gasteiger partial charge in [-0.05, 0) is 25.2 Å². The maximum absolute atomic E-state index is 11.0. The Morgan fingerprint density at radius 1 is 1.31 bits per heavy atom. The zero-order chi connectivity index (χ0) is 12.4. The largest absolute Gasteiger partial charge is 0.481 e. The van der Waals surface area contributed by atoms with Gasteiger partial charge < -0.3 is 14.7 Å². The minimum absolute atomic E-state index is 0.150. The predicted octanol–water partition coefficient (Wildman–Crippen LogP) is 1.57. The second-order valence-electron chi connectivity index (χ2n) is 3.56. The van der Waals surface area contributed by atoms with E-state index >= 15 is 0 Å². The van der Waals surface area contributed by atoms with Gasteiger partial charge in [-0.3, -0.25) is 4.52 Å². The molecule has 1 atom stereocenters. The first-order valence-corrected chi connectivity index (χ1v) is 7.64. The smallest absolute Gasteiger partial charge is 0.302 e. The highest BCUT2D eigenvalue weighted by Crippen LogP contribution is 2.57. The monoisotopic (exact) mass is 272 g/mol. The summed E-state index contributed by atoms with van der Waals surface area (Å²) in [4.78, 5) is 25.5. The lowest BCUT2D eigenvalue weighted by molar-refractivity contribution is 0.179. The Bertz CT molecular complexity index is 356. The maximum atomic E-state index is 11.0. The van der Waals surface area contributed by atoms with Crippen molar-refractivity contribution in [1.29, 1.82) is 0 Å². The summed E-state index contributed by atoms with van der Waals surface area (Å²) < 4.78 is 29.3. The Hall–Kier alpha value is -0.0000000000000000416. The summed E-state index contributed by atoms with van der Waals surface area (Å²) in [6.45, 7) is 3.62. The van der Waals surface area contributed by atoms with E-state index in [-0.39, 0.29) is 6.61 Å². The molecular weight excluding hydrogens is 258 g/mol. The molecule has 0 saturated heterocycles. The van der Waals surface area contributed by atoms with Crippen LogP contribution in [0.4, 0.5) is 0 Å². The number of phosphoric ester groups is 1. The van der Waals surface area contributed by atoms with Crippen LogP contribution in [0.25, 0.3) is 0 Å². The summed E-state index contributed by atoms with van der Waals surface area (Å²) in [7, 11) is -9.70. The van der Waals surface area contributed by atoms with Crippen molar-refractivity contribution in [3.05, 3.63) is 12.2 Å². The summed E-state index contributed by atoms with van der Waals surface area (Å²) in [5, 5.41) is 0. The minimum Gasteiger partial charge on any atom is -0.302 e. The molecule has 0 aromatic carbocycles. The molecule has 1 aliphatic rings. The molecule has 7 nitrogen and oxygen atoms in total. The highest BCUT2D eigenvalue weighted by atomic mass is 31.3. The zero-order valence-corrected chi connectivity index (χ0v) is 10.3. The molecule has 16 heavy (non-hydrogen) atoms. The van der Waals surface area contributed by atoms with Gasteiger partial charge in [-0.1, -0.05) is 12.2 Å². The van der Waals surface area contributed by atoms with Crippen molar-refractivity contribution in [2.24, 2.45) is 5.92 Å². The quantitative estimate of drug-likeness (QED) is 0.476. The minimum atomic E-state index is -5.02. The highest BCUT2D eigenvalue weighted by molar-refractivity contribution is 7.60. The van der Waals surface area contributed by atoms with E-state index < -0.39 is 15.6 Å². The topological polar surface area (TPSA) is 113 Å². The van der Waals surface area contributed by atoms with Crippen molar-refractivity contribution in [2.75, 3.05) is 6.61 Å². The molecule has 0 aliphatic heterocycles. The number of rotatable bonds is 7. The molecule has 0 radical (unpaired) electrons. The maximum Gasteiger partial charge on any atom is 0.481 e. The third kappa shape index (κ3) is 5.92. The van der Waals surface area contributed by atoms with Gasteiger partial charge in [0.15, 0.2) is 0 Å². The van der Waals surface area contributed by atoms with Gasteiger partial charge in [0.25, 0.3) is 0 Å². The molecule has 1 unspecified atom stereocenters. The van der Waals surface area contributed by atoms with Crippen LogP contribution in [0.1, 0.15) is 19.3 Å². The van der Waals surface area contributed by atoms with E-state index in [1.807, 2.05) is 0 Å². The fourth-order valence-corrected chi connectivity index (χ4v) is 2.73. The fourth-order valence-electron chi connectivity index (χ4n) is 1.15. The Morgan fingerprint density at radius 2 is 1.88 bits per heavy atom. The van der Waals surface area contributed by atoms with Crippen LogP contribution < -0.4 is 0 Å². The first-order valence-electron chi connectivity index (χ1n) is 4.61. The summed E-state index contributed by atoms with van der Waals surface area (Å²) in [6, 6.07) is 0. The lowest BCUT2D eigenvalue weighted by atomic mass is 10.1. The zero-order valence-electron chi connectivity index (χ0n) is 8.48. The molecular formula is C7H14O7P2. The third-order valence-corrected chi connectivity index (χ3v) is 4.23. The van der Waals surface area contributed by atoms with E-state index in [0.29, 0.717) is 12.3 Å². The Kier molecular flexibility index (Phi) is 4.49. The van der Waals surface area contributed by atoms with Crippen LogP contribution in [0, 0.1) is 5.92 Å². The Balaban J connectivity index is 2.27. The van der Waals surface area contributed by atoms with Crippen LogP contribution in [0.3, 0.4) is 0 Å². The lowest BCUT2D eigenvalue weighted by Crippen LogP contribution is -1.98. The molecule has 0 heterocycles. The van der Waals surface area contributed by atoms with Crippen LogP contribution in [0.15, 0.2) is 12.2 Å². The van der Waals surface area contributed by atoms with Gasteiger partial charge in [0, 0.05) is 0 Å². The van der Waals surface area contributed by atoms with E-state index in [0.717, 1.165) is 18.4 Å². The molecule has 3 N–H and O–H groups in total. The van der Waals surface area contributed by atoms with Crippen molar-refractivity contribution < 1.29 is 32.6 Å². The number of hydrogen-bond donors (Lipinski definition) is 3.